The molecule has 1 fully saturated rings. The van der Waals surface area contributed by atoms with E-state index < -0.39 is 6.09 Å². The molecule has 1 aliphatic heterocycles. The summed E-state index contributed by atoms with van der Waals surface area (Å²) < 4.78 is 11.1. The van der Waals surface area contributed by atoms with E-state index in [2.05, 4.69) is 5.32 Å². The van der Waals surface area contributed by atoms with Crippen LogP contribution in [0.4, 0.5) is 10.5 Å². The predicted molar refractivity (Wildman–Crippen MR) is 70.2 cm³/mol. The molecule has 0 spiro atoms. The van der Waals surface area contributed by atoms with Gasteiger partial charge in [-0.1, -0.05) is 0 Å². The summed E-state index contributed by atoms with van der Waals surface area (Å²) in [7, 11) is 0. The smallest absolute Gasteiger partial charge is 0.404 e. The van der Waals surface area contributed by atoms with E-state index in [1.807, 2.05) is 0 Å². The van der Waals surface area contributed by atoms with Crippen molar-refractivity contribution in [1.82, 2.24) is 5.32 Å². The highest BCUT2D eigenvalue weighted by Gasteiger charge is 2.15. The maximum absolute atomic E-state index is 10.5. The number of nitrogens with one attached hydrogen (secondary N) is 1. The minimum atomic E-state index is -1.08. The van der Waals surface area contributed by atoms with Crippen molar-refractivity contribution in [2.45, 2.75) is 25.5 Å². The number of hydrogen-bond donors (Lipinski definition) is 3. The summed E-state index contributed by atoms with van der Waals surface area (Å²) in [5.41, 5.74) is 7.04. The van der Waals surface area contributed by atoms with Crippen molar-refractivity contribution in [3.8, 4) is 5.75 Å². The number of hydrogen-bond acceptors (Lipinski definition) is 4. The molecule has 1 aliphatic rings. The van der Waals surface area contributed by atoms with Gasteiger partial charge in [0.1, 0.15) is 11.9 Å². The van der Waals surface area contributed by atoms with Gasteiger partial charge in [0.25, 0.3) is 0 Å². The van der Waals surface area contributed by atoms with Crippen molar-refractivity contribution >= 4 is 11.8 Å². The molecule has 1 atom stereocenters. The molecular weight excluding hydrogens is 248 g/mol. The highest BCUT2D eigenvalue weighted by Crippen LogP contribution is 2.22. The van der Waals surface area contributed by atoms with Gasteiger partial charge in [0, 0.05) is 18.8 Å². The molecule has 1 aromatic rings. The first-order valence-electron chi connectivity index (χ1n) is 6.25. The molecule has 1 aromatic carbocycles. The molecule has 6 heteroatoms. The Hall–Kier alpha value is -1.95. The number of anilines is 1. The lowest BCUT2D eigenvalue weighted by Gasteiger charge is -2.23. The van der Waals surface area contributed by atoms with Crippen molar-refractivity contribution in [2.24, 2.45) is 0 Å². The van der Waals surface area contributed by atoms with Crippen molar-refractivity contribution in [1.29, 1.82) is 0 Å². The quantitative estimate of drug-likeness (QED) is 0.719. The van der Waals surface area contributed by atoms with E-state index in [0.717, 1.165) is 19.4 Å². The molecule has 1 heterocycles. The van der Waals surface area contributed by atoms with Crippen LogP contribution in [-0.2, 0) is 11.3 Å². The second kappa shape index (κ2) is 6.29. The third-order valence-corrected chi connectivity index (χ3v) is 2.97. The minimum absolute atomic E-state index is 0.0534. The first kappa shape index (κ1) is 13.5. The number of nitrogen functional groups attached to an aromatic ring is 1. The Balaban J connectivity index is 2.00. The first-order valence-corrected chi connectivity index (χ1v) is 6.25. The Morgan fingerprint density at radius 2 is 2.42 bits per heavy atom. The zero-order valence-electron chi connectivity index (χ0n) is 10.6. The average Bonchev–Trinajstić information content (AvgIpc) is 2.40. The van der Waals surface area contributed by atoms with Crippen molar-refractivity contribution in [3.63, 3.8) is 0 Å². The van der Waals surface area contributed by atoms with Crippen LogP contribution < -0.4 is 15.8 Å². The van der Waals surface area contributed by atoms with Crippen LogP contribution in [0.3, 0.4) is 0 Å². The lowest BCUT2D eigenvalue weighted by atomic mass is 10.1. The highest BCUT2D eigenvalue weighted by molar-refractivity contribution is 5.65. The Labute approximate surface area is 111 Å². The molecule has 2 rings (SSSR count). The highest BCUT2D eigenvalue weighted by atomic mass is 16.5. The van der Waals surface area contributed by atoms with Gasteiger partial charge in [-0.3, -0.25) is 0 Å². The Bertz CT molecular complexity index is 444. The zero-order chi connectivity index (χ0) is 13.7. The van der Waals surface area contributed by atoms with E-state index >= 15 is 0 Å². The van der Waals surface area contributed by atoms with Gasteiger partial charge in [0.15, 0.2) is 0 Å². The van der Waals surface area contributed by atoms with Gasteiger partial charge in [-0.15, -0.1) is 0 Å². The summed E-state index contributed by atoms with van der Waals surface area (Å²) in [6, 6.07) is 5.27. The maximum Gasteiger partial charge on any atom is 0.404 e. The van der Waals surface area contributed by atoms with Crippen LogP contribution in [0.1, 0.15) is 18.4 Å². The van der Waals surface area contributed by atoms with Crippen LogP contribution in [0.2, 0.25) is 0 Å². The fourth-order valence-electron chi connectivity index (χ4n) is 1.98. The largest absolute Gasteiger partial charge is 0.488 e. The van der Waals surface area contributed by atoms with Crippen LogP contribution >= 0.6 is 0 Å². The molecule has 0 aromatic heterocycles. The third-order valence-electron chi connectivity index (χ3n) is 2.97. The number of ether oxygens (including phenoxy) is 2. The Morgan fingerprint density at radius 3 is 3.11 bits per heavy atom. The van der Waals surface area contributed by atoms with Gasteiger partial charge in [0.2, 0.25) is 0 Å². The van der Waals surface area contributed by atoms with Gasteiger partial charge in [0.05, 0.1) is 6.61 Å². The van der Waals surface area contributed by atoms with E-state index in [9.17, 15) is 4.79 Å². The second-order valence-corrected chi connectivity index (χ2v) is 4.48. The van der Waals surface area contributed by atoms with E-state index in [1.165, 1.54) is 0 Å². The predicted octanol–water partition coefficient (Wildman–Crippen LogP) is 1.59. The molecule has 104 valence electrons. The monoisotopic (exact) mass is 266 g/mol. The van der Waals surface area contributed by atoms with E-state index in [-0.39, 0.29) is 12.6 Å². The fraction of sp³-hybridized carbons (Fsp3) is 0.462. The first-order chi connectivity index (χ1) is 9.15. The van der Waals surface area contributed by atoms with Crippen molar-refractivity contribution in [3.05, 3.63) is 23.8 Å². The molecule has 0 bridgehead atoms. The molecule has 4 N–H and O–H groups in total. The molecule has 0 aliphatic carbocycles. The van der Waals surface area contributed by atoms with Crippen molar-refractivity contribution in [2.75, 3.05) is 18.9 Å². The summed E-state index contributed by atoms with van der Waals surface area (Å²) in [4.78, 5) is 10.5. The molecule has 6 nitrogen and oxygen atoms in total. The third kappa shape index (κ3) is 4.03. The van der Waals surface area contributed by atoms with Gasteiger partial charge in [-0.05, 0) is 36.6 Å². The van der Waals surface area contributed by atoms with E-state index in [0.29, 0.717) is 23.6 Å². The van der Waals surface area contributed by atoms with Crippen LogP contribution in [0, 0.1) is 0 Å². The molecule has 1 saturated heterocycles. The number of benzene rings is 1. The van der Waals surface area contributed by atoms with Crippen LogP contribution in [-0.4, -0.2) is 30.5 Å². The number of carboxylic acid groups (broad SMARTS) is 1. The summed E-state index contributed by atoms with van der Waals surface area (Å²) in [5.74, 6) is 0.687. The number of amides is 1. The van der Waals surface area contributed by atoms with Gasteiger partial charge >= 0.3 is 6.09 Å². The van der Waals surface area contributed by atoms with Gasteiger partial charge in [-0.25, -0.2) is 4.79 Å². The lowest BCUT2D eigenvalue weighted by Crippen LogP contribution is -2.28. The minimum Gasteiger partial charge on any atom is -0.488 e. The Kier molecular flexibility index (Phi) is 4.46. The van der Waals surface area contributed by atoms with Crippen LogP contribution in [0.15, 0.2) is 18.2 Å². The summed E-state index contributed by atoms with van der Waals surface area (Å²) in [5, 5.41) is 10.9. The van der Waals surface area contributed by atoms with Crippen LogP contribution in [0.25, 0.3) is 0 Å². The lowest BCUT2D eigenvalue weighted by molar-refractivity contribution is 0.00741. The van der Waals surface area contributed by atoms with E-state index in [1.54, 1.807) is 18.2 Å². The molecule has 0 radical (unpaired) electrons. The second-order valence-electron chi connectivity index (χ2n) is 4.48. The zero-order valence-corrected chi connectivity index (χ0v) is 10.6. The molecule has 0 saturated carbocycles. The fourth-order valence-corrected chi connectivity index (χ4v) is 1.98. The van der Waals surface area contributed by atoms with Crippen molar-refractivity contribution < 1.29 is 19.4 Å². The molecule has 1 amide bonds. The normalized spacial score (nSPS) is 18.8. The van der Waals surface area contributed by atoms with Gasteiger partial charge < -0.3 is 25.6 Å². The number of nitrogens with two attached hydrogens (primary N) is 1. The number of rotatable bonds is 4. The van der Waals surface area contributed by atoms with E-state index in [4.69, 9.17) is 20.3 Å². The summed E-state index contributed by atoms with van der Waals surface area (Å²) in [6.07, 6.45) is 0.934. The Morgan fingerprint density at radius 1 is 1.58 bits per heavy atom. The standard InChI is InChI=1S/C13H18N2O4/c14-12-4-3-10(6-9(12)7-15-13(16)17)19-11-2-1-5-18-8-11/h3-4,6,11,15H,1-2,5,7-8,14H2,(H,16,17). The van der Waals surface area contributed by atoms with Crippen LogP contribution in [0.5, 0.6) is 5.75 Å². The molecule has 19 heavy (non-hydrogen) atoms. The molecular formula is C13H18N2O4. The summed E-state index contributed by atoms with van der Waals surface area (Å²) in [6.45, 7) is 1.54. The summed E-state index contributed by atoms with van der Waals surface area (Å²) >= 11 is 0. The maximum atomic E-state index is 10.5. The average molecular weight is 266 g/mol. The SMILES string of the molecule is Nc1ccc(OC2CCCOC2)cc1CNC(=O)O. The topological polar surface area (TPSA) is 93.8 Å². The molecule has 1 unspecified atom stereocenters. The van der Waals surface area contributed by atoms with Gasteiger partial charge in [-0.2, -0.15) is 0 Å². The number of carbonyl (C=O) groups is 1.